The minimum atomic E-state index is -3.53. The summed E-state index contributed by atoms with van der Waals surface area (Å²) in [6, 6.07) is 0. The van der Waals surface area contributed by atoms with E-state index < -0.39 is 10.0 Å². The van der Waals surface area contributed by atoms with Crippen LogP contribution >= 0.6 is 34.2 Å². The second-order valence-corrected chi connectivity index (χ2v) is 5.68. The van der Waals surface area contributed by atoms with Crippen LogP contribution in [-0.4, -0.2) is 29.2 Å². The summed E-state index contributed by atoms with van der Waals surface area (Å²) in [6.45, 7) is 0.379. The SMILES string of the molecule is Cn1ncc(Cl)c1S(=O)(=O)NCCI. The third-order valence-electron chi connectivity index (χ3n) is 1.48. The minimum absolute atomic E-state index is 0.00372. The van der Waals surface area contributed by atoms with Gasteiger partial charge in [-0.3, -0.25) is 4.68 Å². The third kappa shape index (κ3) is 2.59. The number of hydrogen-bond acceptors (Lipinski definition) is 3. The highest BCUT2D eigenvalue weighted by atomic mass is 127. The van der Waals surface area contributed by atoms with Crippen LogP contribution in [0.3, 0.4) is 0 Å². The molecule has 0 aliphatic carbocycles. The van der Waals surface area contributed by atoms with Gasteiger partial charge in [0.2, 0.25) is 0 Å². The van der Waals surface area contributed by atoms with E-state index in [0.717, 1.165) is 0 Å². The second-order valence-electron chi connectivity index (χ2n) is 2.51. The van der Waals surface area contributed by atoms with Gasteiger partial charge in [0.1, 0.15) is 0 Å². The summed E-state index contributed by atoms with van der Waals surface area (Å²) in [4.78, 5) is 0. The first kappa shape index (κ1) is 12.2. The van der Waals surface area contributed by atoms with Crippen LogP contribution in [0, 0.1) is 0 Å². The van der Waals surface area contributed by atoms with Crippen molar-refractivity contribution in [1.82, 2.24) is 14.5 Å². The van der Waals surface area contributed by atoms with Crippen molar-refractivity contribution < 1.29 is 8.42 Å². The molecule has 1 aromatic rings. The standard InChI is InChI=1S/C6H9ClIN3O2S/c1-11-6(5(7)4-9-11)14(12,13)10-3-2-8/h4,10H,2-3H2,1H3. The average molecular weight is 350 g/mol. The summed E-state index contributed by atoms with van der Waals surface area (Å²) in [5, 5.41) is 3.89. The summed E-state index contributed by atoms with van der Waals surface area (Å²) in [7, 11) is -1.99. The lowest BCUT2D eigenvalue weighted by Gasteiger charge is -2.05. The molecule has 1 N–H and O–H groups in total. The van der Waals surface area contributed by atoms with E-state index in [2.05, 4.69) is 32.4 Å². The van der Waals surface area contributed by atoms with Crippen LogP contribution in [0.25, 0.3) is 0 Å². The maximum Gasteiger partial charge on any atom is 0.259 e. The molecule has 0 radical (unpaired) electrons. The van der Waals surface area contributed by atoms with Crippen LogP contribution in [0.15, 0.2) is 11.2 Å². The molecule has 0 aliphatic heterocycles. The van der Waals surface area contributed by atoms with E-state index in [4.69, 9.17) is 11.6 Å². The second kappa shape index (κ2) is 4.77. The Hall–Kier alpha value is 0.140. The zero-order valence-electron chi connectivity index (χ0n) is 7.37. The fraction of sp³-hybridized carbons (Fsp3) is 0.500. The Bertz CT molecular complexity index is 397. The Morgan fingerprint density at radius 2 is 2.36 bits per heavy atom. The maximum absolute atomic E-state index is 11.6. The molecule has 0 aromatic carbocycles. The van der Waals surface area contributed by atoms with Gasteiger partial charge in [0.05, 0.1) is 11.2 Å². The molecule has 0 bridgehead atoms. The number of rotatable bonds is 4. The van der Waals surface area contributed by atoms with Crippen LogP contribution < -0.4 is 4.72 Å². The van der Waals surface area contributed by atoms with E-state index in [-0.39, 0.29) is 10.0 Å². The highest BCUT2D eigenvalue weighted by Gasteiger charge is 2.21. The summed E-state index contributed by atoms with van der Waals surface area (Å²) in [5.41, 5.74) is 0. The van der Waals surface area contributed by atoms with Crippen LogP contribution in [0.2, 0.25) is 5.02 Å². The van der Waals surface area contributed by atoms with Crippen molar-refractivity contribution >= 4 is 44.2 Å². The van der Waals surface area contributed by atoms with Crippen LogP contribution in [0.1, 0.15) is 0 Å². The number of sulfonamides is 1. The molecule has 0 spiro atoms. The highest BCUT2D eigenvalue weighted by molar-refractivity contribution is 14.1. The maximum atomic E-state index is 11.6. The van der Waals surface area contributed by atoms with E-state index in [0.29, 0.717) is 11.0 Å². The predicted octanol–water partition coefficient (Wildman–Crippen LogP) is 0.787. The summed E-state index contributed by atoms with van der Waals surface area (Å²) in [6.07, 6.45) is 1.31. The molecule has 5 nitrogen and oxygen atoms in total. The predicted molar refractivity (Wildman–Crippen MR) is 62.3 cm³/mol. The van der Waals surface area contributed by atoms with Gasteiger partial charge in [-0.05, 0) is 0 Å². The summed E-state index contributed by atoms with van der Waals surface area (Å²) >= 11 is 7.78. The molecule has 1 rings (SSSR count). The van der Waals surface area contributed by atoms with E-state index in [1.54, 1.807) is 0 Å². The third-order valence-corrected chi connectivity index (χ3v) is 3.99. The number of halogens is 2. The van der Waals surface area contributed by atoms with Gasteiger partial charge < -0.3 is 0 Å². The van der Waals surface area contributed by atoms with Crippen molar-refractivity contribution in [3.05, 3.63) is 11.2 Å². The Morgan fingerprint density at radius 1 is 1.71 bits per heavy atom. The van der Waals surface area contributed by atoms with Crippen molar-refractivity contribution in [3.63, 3.8) is 0 Å². The van der Waals surface area contributed by atoms with Crippen LogP contribution in [0.4, 0.5) is 0 Å². The van der Waals surface area contributed by atoms with Gasteiger partial charge in [0.15, 0.2) is 5.03 Å². The van der Waals surface area contributed by atoms with E-state index in [9.17, 15) is 8.42 Å². The van der Waals surface area contributed by atoms with Gasteiger partial charge in [-0.25, -0.2) is 13.1 Å². The van der Waals surface area contributed by atoms with E-state index in [1.807, 2.05) is 0 Å². The number of aryl methyl sites for hydroxylation is 1. The molecular weight excluding hydrogens is 341 g/mol. The Morgan fingerprint density at radius 3 is 2.79 bits per heavy atom. The molecule has 0 atom stereocenters. The molecule has 80 valence electrons. The van der Waals surface area contributed by atoms with Crippen LogP contribution in [-0.2, 0) is 17.1 Å². The van der Waals surface area contributed by atoms with Crippen molar-refractivity contribution in [1.29, 1.82) is 0 Å². The zero-order chi connectivity index (χ0) is 10.8. The van der Waals surface area contributed by atoms with Gasteiger partial charge >= 0.3 is 0 Å². The molecule has 0 amide bonds. The number of nitrogens with zero attached hydrogens (tertiary/aromatic N) is 2. The monoisotopic (exact) mass is 349 g/mol. The molecule has 1 aromatic heterocycles. The molecule has 1 heterocycles. The van der Waals surface area contributed by atoms with Crippen molar-refractivity contribution in [3.8, 4) is 0 Å². The van der Waals surface area contributed by atoms with Gasteiger partial charge in [-0.2, -0.15) is 5.10 Å². The van der Waals surface area contributed by atoms with Crippen molar-refractivity contribution in [2.45, 2.75) is 5.03 Å². The Kier molecular flexibility index (Phi) is 4.16. The first-order chi connectivity index (χ1) is 6.49. The molecule has 8 heteroatoms. The molecule has 14 heavy (non-hydrogen) atoms. The topological polar surface area (TPSA) is 64.0 Å². The highest BCUT2D eigenvalue weighted by Crippen LogP contribution is 2.19. The van der Waals surface area contributed by atoms with Gasteiger partial charge in [0, 0.05) is 18.0 Å². The first-order valence-corrected chi connectivity index (χ1v) is 7.11. The smallest absolute Gasteiger partial charge is 0.255 e. The lowest BCUT2D eigenvalue weighted by Crippen LogP contribution is -2.27. The van der Waals surface area contributed by atoms with E-state index >= 15 is 0 Å². The zero-order valence-corrected chi connectivity index (χ0v) is 11.1. The van der Waals surface area contributed by atoms with Gasteiger partial charge in [0.25, 0.3) is 10.0 Å². The summed E-state index contributed by atoms with van der Waals surface area (Å²) in [5.74, 6) is 0. The van der Waals surface area contributed by atoms with Crippen LogP contribution in [0.5, 0.6) is 0 Å². The normalized spacial score (nSPS) is 11.9. The number of aromatic nitrogens is 2. The van der Waals surface area contributed by atoms with Gasteiger partial charge in [-0.15, -0.1) is 0 Å². The minimum Gasteiger partial charge on any atom is -0.255 e. The first-order valence-electron chi connectivity index (χ1n) is 3.72. The lowest BCUT2D eigenvalue weighted by molar-refractivity contribution is 0.566. The molecule has 0 saturated heterocycles. The largest absolute Gasteiger partial charge is 0.259 e. The number of hydrogen-bond donors (Lipinski definition) is 1. The van der Waals surface area contributed by atoms with Crippen molar-refractivity contribution in [2.24, 2.45) is 7.05 Å². The number of alkyl halides is 1. The fourth-order valence-electron chi connectivity index (χ4n) is 0.943. The fourth-order valence-corrected chi connectivity index (χ4v) is 3.26. The number of nitrogens with one attached hydrogen (secondary N) is 1. The van der Waals surface area contributed by atoms with E-state index in [1.165, 1.54) is 17.9 Å². The average Bonchev–Trinajstić information content (AvgIpc) is 2.43. The quantitative estimate of drug-likeness (QED) is 0.646. The van der Waals surface area contributed by atoms with Gasteiger partial charge in [-0.1, -0.05) is 34.2 Å². The summed E-state index contributed by atoms with van der Waals surface area (Å²) < 4.78 is 27.6. The molecule has 0 aliphatic rings. The lowest BCUT2D eigenvalue weighted by atomic mass is 10.7. The Labute approximate surface area is 101 Å². The molecule has 0 saturated carbocycles. The molecular formula is C6H9ClIN3O2S. The molecule has 0 unspecified atom stereocenters. The Balaban J connectivity index is 3.04. The van der Waals surface area contributed by atoms with Crippen molar-refractivity contribution in [2.75, 3.05) is 11.0 Å². The molecule has 0 fully saturated rings.